The number of carbonyl (C=O) groups is 1. The highest BCUT2D eigenvalue weighted by molar-refractivity contribution is 7.89. The molecular weight excluding hydrogens is 316 g/mol. The van der Waals surface area contributed by atoms with Crippen molar-refractivity contribution in [2.24, 2.45) is 0 Å². The van der Waals surface area contributed by atoms with Crippen molar-refractivity contribution in [1.82, 2.24) is 9.21 Å². The highest BCUT2D eigenvalue weighted by Crippen LogP contribution is 2.27. The van der Waals surface area contributed by atoms with Crippen LogP contribution in [-0.4, -0.2) is 62.4 Å². The minimum Gasteiger partial charge on any atom is -0.378 e. The van der Waals surface area contributed by atoms with Crippen LogP contribution >= 0.6 is 0 Å². The summed E-state index contributed by atoms with van der Waals surface area (Å²) < 4.78 is 32.5. The van der Waals surface area contributed by atoms with Crippen molar-refractivity contribution in [3.8, 4) is 0 Å². The fraction of sp³-hybridized carbons (Fsp3) is 0.562. The van der Waals surface area contributed by atoms with Crippen LogP contribution < -0.4 is 0 Å². The van der Waals surface area contributed by atoms with Gasteiger partial charge < -0.3 is 9.64 Å². The van der Waals surface area contributed by atoms with Crippen LogP contribution in [0.5, 0.6) is 0 Å². The Morgan fingerprint density at radius 1 is 1.22 bits per heavy atom. The lowest BCUT2D eigenvalue weighted by atomic mass is 10.2. The van der Waals surface area contributed by atoms with E-state index in [0.29, 0.717) is 45.7 Å². The summed E-state index contributed by atoms with van der Waals surface area (Å²) in [5.41, 5.74) is 0.890. The number of amides is 1. The number of morpholine rings is 1. The molecule has 0 aromatic heterocycles. The number of sulfonamides is 1. The molecule has 2 saturated heterocycles. The number of aryl methyl sites for hydroxylation is 1. The zero-order valence-corrected chi connectivity index (χ0v) is 14.1. The molecule has 3 rings (SSSR count). The SMILES string of the molecule is Cc1cccc(S(=O)(=O)N2CCC[C@H]2C(=O)N2CCOCC2)c1. The van der Waals surface area contributed by atoms with E-state index < -0.39 is 16.1 Å². The molecule has 0 N–H and O–H groups in total. The molecule has 126 valence electrons. The summed E-state index contributed by atoms with van der Waals surface area (Å²) in [5.74, 6) is -0.0953. The van der Waals surface area contributed by atoms with Crippen molar-refractivity contribution in [3.05, 3.63) is 29.8 Å². The Bertz CT molecular complexity index is 683. The van der Waals surface area contributed by atoms with Gasteiger partial charge in [0.25, 0.3) is 0 Å². The number of nitrogens with zero attached hydrogens (tertiary/aromatic N) is 2. The first-order valence-electron chi connectivity index (χ1n) is 7.95. The highest BCUT2D eigenvalue weighted by Gasteiger charge is 2.41. The molecule has 2 aliphatic heterocycles. The van der Waals surface area contributed by atoms with Crippen molar-refractivity contribution in [3.63, 3.8) is 0 Å². The van der Waals surface area contributed by atoms with Crippen LogP contribution in [0.3, 0.4) is 0 Å². The maximum absolute atomic E-state index is 12.9. The minimum absolute atomic E-state index is 0.0953. The second-order valence-electron chi connectivity index (χ2n) is 6.03. The Labute approximate surface area is 137 Å². The molecule has 0 aliphatic carbocycles. The van der Waals surface area contributed by atoms with E-state index in [2.05, 4.69) is 0 Å². The van der Waals surface area contributed by atoms with Crippen LogP contribution in [0, 0.1) is 6.92 Å². The molecule has 0 unspecified atom stereocenters. The fourth-order valence-corrected chi connectivity index (χ4v) is 4.94. The van der Waals surface area contributed by atoms with E-state index in [0.717, 1.165) is 5.56 Å². The van der Waals surface area contributed by atoms with E-state index in [9.17, 15) is 13.2 Å². The summed E-state index contributed by atoms with van der Waals surface area (Å²) in [7, 11) is -3.64. The lowest BCUT2D eigenvalue weighted by molar-refractivity contribution is -0.138. The van der Waals surface area contributed by atoms with Gasteiger partial charge in [-0.25, -0.2) is 8.42 Å². The summed E-state index contributed by atoms with van der Waals surface area (Å²) in [4.78, 5) is 14.7. The summed E-state index contributed by atoms with van der Waals surface area (Å²) in [6, 6.07) is 6.26. The van der Waals surface area contributed by atoms with Gasteiger partial charge in [-0.2, -0.15) is 4.31 Å². The molecule has 0 bridgehead atoms. The van der Waals surface area contributed by atoms with Crippen LogP contribution in [-0.2, 0) is 19.6 Å². The molecule has 1 aromatic carbocycles. The lowest BCUT2D eigenvalue weighted by Crippen LogP contribution is -2.50. The van der Waals surface area contributed by atoms with Gasteiger partial charge in [0, 0.05) is 19.6 Å². The largest absolute Gasteiger partial charge is 0.378 e. The maximum atomic E-state index is 12.9. The van der Waals surface area contributed by atoms with Crippen molar-refractivity contribution in [2.45, 2.75) is 30.7 Å². The van der Waals surface area contributed by atoms with E-state index >= 15 is 0 Å². The fourth-order valence-electron chi connectivity index (χ4n) is 3.18. The molecule has 0 spiro atoms. The lowest BCUT2D eigenvalue weighted by Gasteiger charge is -2.32. The van der Waals surface area contributed by atoms with Gasteiger partial charge in [0.15, 0.2) is 0 Å². The first-order chi connectivity index (χ1) is 11.0. The molecular formula is C16H22N2O4S. The molecule has 1 atom stereocenters. The zero-order valence-electron chi connectivity index (χ0n) is 13.3. The number of carbonyl (C=O) groups excluding carboxylic acids is 1. The number of hydrogen-bond donors (Lipinski definition) is 0. The molecule has 2 aliphatic rings. The molecule has 6 nitrogen and oxygen atoms in total. The van der Waals surface area contributed by atoms with E-state index in [-0.39, 0.29) is 10.8 Å². The first kappa shape index (κ1) is 16.4. The van der Waals surface area contributed by atoms with E-state index in [1.807, 2.05) is 13.0 Å². The monoisotopic (exact) mass is 338 g/mol. The Morgan fingerprint density at radius 2 is 1.96 bits per heavy atom. The van der Waals surface area contributed by atoms with Crippen LogP contribution in [0.25, 0.3) is 0 Å². The number of rotatable bonds is 3. The number of benzene rings is 1. The van der Waals surface area contributed by atoms with Crippen LogP contribution in [0.4, 0.5) is 0 Å². The van der Waals surface area contributed by atoms with Gasteiger partial charge in [0.05, 0.1) is 18.1 Å². The predicted octanol–water partition coefficient (Wildman–Crippen LogP) is 1.01. The molecule has 7 heteroatoms. The van der Waals surface area contributed by atoms with Gasteiger partial charge in [-0.3, -0.25) is 4.79 Å². The van der Waals surface area contributed by atoms with E-state index in [1.165, 1.54) is 4.31 Å². The van der Waals surface area contributed by atoms with Crippen LogP contribution in [0.2, 0.25) is 0 Å². The van der Waals surface area contributed by atoms with Gasteiger partial charge >= 0.3 is 0 Å². The second-order valence-corrected chi connectivity index (χ2v) is 7.92. The quantitative estimate of drug-likeness (QED) is 0.825. The van der Waals surface area contributed by atoms with Gasteiger partial charge in [-0.15, -0.1) is 0 Å². The summed E-state index contributed by atoms with van der Waals surface area (Å²) in [6.07, 6.45) is 1.30. The average molecular weight is 338 g/mol. The Kier molecular flexibility index (Phi) is 4.70. The number of ether oxygens (including phenoxy) is 1. The third-order valence-electron chi connectivity index (χ3n) is 4.41. The maximum Gasteiger partial charge on any atom is 0.243 e. The minimum atomic E-state index is -3.64. The van der Waals surface area contributed by atoms with Crippen molar-refractivity contribution in [2.75, 3.05) is 32.8 Å². The molecule has 0 radical (unpaired) electrons. The van der Waals surface area contributed by atoms with Gasteiger partial charge in [-0.05, 0) is 37.5 Å². The predicted molar refractivity (Wildman–Crippen MR) is 85.5 cm³/mol. The molecule has 1 aromatic rings. The van der Waals surface area contributed by atoms with Gasteiger partial charge in [0.2, 0.25) is 15.9 Å². The Balaban J connectivity index is 1.84. The topological polar surface area (TPSA) is 66.9 Å². The molecule has 0 saturated carbocycles. The van der Waals surface area contributed by atoms with Crippen LogP contribution in [0.15, 0.2) is 29.2 Å². The van der Waals surface area contributed by atoms with Crippen molar-refractivity contribution < 1.29 is 17.9 Å². The normalized spacial score (nSPS) is 23.2. The van der Waals surface area contributed by atoms with Gasteiger partial charge in [-0.1, -0.05) is 12.1 Å². The van der Waals surface area contributed by atoms with E-state index in [1.54, 1.807) is 23.1 Å². The Hall–Kier alpha value is -1.44. The van der Waals surface area contributed by atoms with Crippen molar-refractivity contribution >= 4 is 15.9 Å². The number of hydrogen-bond acceptors (Lipinski definition) is 4. The molecule has 2 heterocycles. The smallest absolute Gasteiger partial charge is 0.243 e. The van der Waals surface area contributed by atoms with Crippen LogP contribution in [0.1, 0.15) is 18.4 Å². The zero-order chi connectivity index (χ0) is 16.4. The highest BCUT2D eigenvalue weighted by atomic mass is 32.2. The molecule has 2 fully saturated rings. The summed E-state index contributed by atoms with van der Waals surface area (Å²) >= 11 is 0. The molecule has 23 heavy (non-hydrogen) atoms. The average Bonchev–Trinajstić information content (AvgIpc) is 3.05. The van der Waals surface area contributed by atoms with E-state index in [4.69, 9.17) is 4.74 Å². The third-order valence-corrected chi connectivity index (χ3v) is 6.31. The Morgan fingerprint density at radius 3 is 2.65 bits per heavy atom. The van der Waals surface area contributed by atoms with Crippen molar-refractivity contribution in [1.29, 1.82) is 0 Å². The summed E-state index contributed by atoms with van der Waals surface area (Å²) in [5, 5.41) is 0. The first-order valence-corrected chi connectivity index (χ1v) is 9.39. The third kappa shape index (κ3) is 3.27. The standard InChI is InChI=1S/C16H22N2O4S/c1-13-4-2-5-14(12-13)23(20,21)18-7-3-6-15(18)16(19)17-8-10-22-11-9-17/h2,4-5,12,15H,3,6-11H2,1H3/t15-/m0/s1. The molecule has 1 amide bonds. The second kappa shape index (κ2) is 6.59. The van der Waals surface area contributed by atoms with Gasteiger partial charge in [0.1, 0.15) is 6.04 Å². The summed E-state index contributed by atoms with van der Waals surface area (Å²) in [6.45, 7) is 4.36.